The number of carbonyl (C=O) groups excluding carboxylic acids is 1. The van der Waals surface area contributed by atoms with Gasteiger partial charge < -0.3 is 4.74 Å². The molecule has 2 nitrogen and oxygen atoms in total. The van der Waals surface area contributed by atoms with Gasteiger partial charge in [-0.2, -0.15) is 0 Å². The van der Waals surface area contributed by atoms with Crippen molar-refractivity contribution in [2.24, 2.45) is 0 Å². The van der Waals surface area contributed by atoms with Gasteiger partial charge in [-0.25, -0.2) is 4.79 Å². The van der Waals surface area contributed by atoms with Crippen LogP contribution in [0.1, 0.15) is 10.4 Å². The van der Waals surface area contributed by atoms with Crippen LogP contribution in [0.3, 0.4) is 0 Å². The Hall–Kier alpha value is -2.58. The third-order valence-corrected chi connectivity index (χ3v) is 3.47. The van der Waals surface area contributed by atoms with E-state index in [4.69, 9.17) is 16.3 Å². The fraction of sp³-hybridized carbons (Fsp3) is 0. The summed E-state index contributed by atoms with van der Waals surface area (Å²) in [6, 6.07) is 24.1. The molecule has 0 atom stereocenters. The maximum atomic E-state index is 12.0. The van der Waals surface area contributed by atoms with E-state index < -0.39 is 5.97 Å². The maximum absolute atomic E-state index is 12.0. The van der Waals surface area contributed by atoms with E-state index in [1.165, 1.54) is 0 Å². The first-order valence-electron chi connectivity index (χ1n) is 6.85. The van der Waals surface area contributed by atoms with Crippen LogP contribution in [-0.4, -0.2) is 5.97 Å². The van der Waals surface area contributed by atoms with Crippen molar-refractivity contribution < 1.29 is 9.53 Å². The Kier molecular flexibility index (Phi) is 4.22. The molecule has 0 aliphatic rings. The molecule has 108 valence electrons. The molecule has 22 heavy (non-hydrogen) atoms. The number of halogens is 1. The highest BCUT2D eigenvalue weighted by Gasteiger charge is 2.09. The van der Waals surface area contributed by atoms with Gasteiger partial charge in [-0.15, -0.1) is 0 Å². The first kappa shape index (κ1) is 14.4. The summed E-state index contributed by atoms with van der Waals surface area (Å²) in [6.07, 6.45) is 0. The third kappa shape index (κ3) is 3.35. The van der Waals surface area contributed by atoms with Crippen molar-refractivity contribution in [3.05, 3.63) is 89.4 Å². The smallest absolute Gasteiger partial charge is 0.343 e. The molecule has 0 amide bonds. The predicted octanol–water partition coefficient (Wildman–Crippen LogP) is 5.23. The van der Waals surface area contributed by atoms with E-state index in [0.29, 0.717) is 16.3 Å². The summed E-state index contributed by atoms with van der Waals surface area (Å²) < 4.78 is 5.35. The average Bonchev–Trinajstić information content (AvgIpc) is 2.56. The van der Waals surface area contributed by atoms with Crippen molar-refractivity contribution in [1.29, 1.82) is 0 Å². The summed E-state index contributed by atoms with van der Waals surface area (Å²) in [5.41, 5.74) is 2.62. The molecule has 0 saturated carbocycles. The number of rotatable bonds is 3. The number of hydrogen-bond acceptors (Lipinski definition) is 2. The number of ether oxygens (including phenoxy) is 1. The zero-order valence-corrected chi connectivity index (χ0v) is 12.5. The van der Waals surface area contributed by atoms with Crippen molar-refractivity contribution in [2.75, 3.05) is 0 Å². The van der Waals surface area contributed by atoms with Crippen LogP contribution in [0.15, 0.2) is 78.9 Å². The van der Waals surface area contributed by atoms with Gasteiger partial charge in [0.25, 0.3) is 0 Å². The largest absolute Gasteiger partial charge is 0.423 e. The van der Waals surface area contributed by atoms with Gasteiger partial charge >= 0.3 is 5.97 Å². The molecule has 0 fully saturated rings. The molecule has 0 bridgehead atoms. The molecule has 0 N–H and O–H groups in total. The molecule has 0 aliphatic carbocycles. The van der Waals surface area contributed by atoms with Crippen LogP contribution < -0.4 is 4.74 Å². The number of benzene rings is 3. The maximum Gasteiger partial charge on any atom is 0.343 e. The lowest BCUT2D eigenvalue weighted by molar-refractivity contribution is 0.0735. The second-order valence-electron chi connectivity index (χ2n) is 4.79. The van der Waals surface area contributed by atoms with Gasteiger partial charge in [0, 0.05) is 5.02 Å². The van der Waals surface area contributed by atoms with E-state index in [0.717, 1.165) is 11.1 Å². The summed E-state index contributed by atoms with van der Waals surface area (Å²) in [4.78, 5) is 12.0. The van der Waals surface area contributed by atoms with Crippen LogP contribution in [0, 0.1) is 0 Å². The first-order valence-corrected chi connectivity index (χ1v) is 7.23. The summed E-state index contributed by atoms with van der Waals surface area (Å²) in [5.74, 6) is 0.0830. The summed E-state index contributed by atoms with van der Waals surface area (Å²) in [5, 5.41) is 0.508. The van der Waals surface area contributed by atoms with E-state index in [2.05, 4.69) is 0 Å². The van der Waals surface area contributed by atoms with Crippen LogP contribution in [0.2, 0.25) is 5.02 Å². The highest BCUT2D eigenvalue weighted by atomic mass is 35.5. The lowest BCUT2D eigenvalue weighted by Gasteiger charge is -2.06. The Morgan fingerprint density at radius 3 is 2.14 bits per heavy atom. The fourth-order valence-electron chi connectivity index (χ4n) is 2.13. The third-order valence-electron chi connectivity index (χ3n) is 3.23. The summed E-state index contributed by atoms with van der Waals surface area (Å²) in [7, 11) is 0. The average molecular weight is 309 g/mol. The molecule has 3 aromatic carbocycles. The molecule has 0 radical (unpaired) electrons. The monoisotopic (exact) mass is 308 g/mol. The number of carbonyl (C=O) groups is 1. The Labute approximate surface area is 133 Å². The Morgan fingerprint density at radius 1 is 0.773 bits per heavy atom. The molecule has 3 aromatic rings. The topological polar surface area (TPSA) is 26.3 Å². The van der Waals surface area contributed by atoms with E-state index in [9.17, 15) is 4.79 Å². The molecule has 0 saturated heterocycles. The van der Waals surface area contributed by atoms with Crippen molar-refractivity contribution in [2.45, 2.75) is 0 Å². The molecular formula is C19H13ClO2. The number of hydrogen-bond donors (Lipinski definition) is 0. The first-order chi connectivity index (χ1) is 10.7. The van der Waals surface area contributed by atoms with E-state index in [1.807, 2.05) is 42.5 Å². The fourth-order valence-corrected chi connectivity index (χ4v) is 2.32. The van der Waals surface area contributed by atoms with Crippen molar-refractivity contribution in [3.63, 3.8) is 0 Å². The zero-order chi connectivity index (χ0) is 15.4. The standard InChI is InChI=1S/C19H13ClO2/c20-17-8-4-7-16(13-17)19(21)22-18-11-9-15(10-12-18)14-5-2-1-3-6-14/h1-13H. The Morgan fingerprint density at radius 2 is 1.45 bits per heavy atom. The molecule has 0 unspecified atom stereocenters. The van der Waals surface area contributed by atoms with Gasteiger partial charge in [0.15, 0.2) is 0 Å². The van der Waals surface area contributed by atoms with Gasteiger partial charge in [-0.05, 0) is 41.5 Å². The summed E-state index contributed by atoms with van der Waals surface area (Å²) in [6.45, 7) is 0. The van der Waals surface area contributed by atoms with E-state index >= 15 is 0 Å². The van der Waals surface area contributed by atoms with Gasteiger partial charge in [-0.3, -0.25) is 0 Å². The molecular weight excluding hydrogens is 296 g/mol. The van der Waals surface area contributed by atoms with Crippen molar-refractivity contribution in [3.8, 4) is 16.9 Å². The Bertz CT molecular complexity index is 780. The van der Waals surface area contributed by atoms with Crippen LogP contribution in [-0.2, 0) is 0 Å². The molecule has 3 heteroatoms. The molecule has 3 rings (SSSR count). The van der Waals surface area contributed by atoms with E-state index in [1.54, 1.807) is 36.4 Å². The predicted molar refractivity (Wildman–Crippen MR) is 88.3 cm³/mol. The van der Waals surface area contributed by atoms with Gasteiger partial charge in [-0.1, -0.05) is 60.1 Å². The van der Waals surface area contributed by atoms with E-state index in [-0.39, 0.29) is 0 Å². The highest BCUT2D eigenvalue weighted by Crippen LogP contribution is 2.22. The lowest BCUT2D eigenvalue weighted by Crippen LogP contribution is -2.08. The lowest BCUT2D eigenvalue weighted by atomic mass is 10.1. The highest BCUT2D eigenvalue weighted by molar-refractivity contribution is 6.30. The van der Waals surface area contributed by atoms with Gasteiger partial charge in [0.2, 0.25) is 0 Å². The normalized spacial score (nSPS) is 10.2. The minimum Gasteiger partial charge on any atom is -0.423 e. The molecule has 0 aliphatic heterocycles. The molecule has 0 aromatic heterocycles. The van der Waals surface area contributed by atoms with Crippen LogP contribution >= 0.6 is 11.6 Å². The van der Waals surface area contributed by atoms with Crippen LogP contribution in [0.4, 0.5) is 0 Å². The van der Waals surface area contributed by atoms with Crippen LogP contribution in [0.25, 0.3) is 11.1 Å². The summed E-state index contributed by atoms with van der Waals surface area (Å²) >= 11 is 5.87. The van der Waals surface area contributed by atoms with Gasteiger partial charge in [0.1, 0.15) is 5.75 Å². The second-order valence-corrected chi connectivity index (χ2v) is 5.23. The molecule has 0 spiro atoms. The van der Waals surface area contributed by atoms with Crippen molar-refractivity contribution >= 4 is 17.6 Å². The van der Waals surface area contributed by atoms with Crippen molar-refractivity contribution in [1.82, 2.24) is 0 Å². The SMILES string of the molecule is O=C(Oc1ccc(-c2ccccc2)cc1)c1cccc(Cl)c1. The minimum absolute atomic E-state index is 0.421. The minimum atomic E-state index is -0.421. The van der Waals surface area contributed by atoms with Crippen LogP contribution in [0.5, 0.6) is 5.75 Å². The van der Waals surface area contributed by atoms with Gasteiger partial charge in [0.05, 0.1) is 5.56 Å². The Balaban J connectivity index is 1.75. The quantitative estimate of drug-likeness (QED) is 0.489. The zero-order valence-electron chi connectivity index (χ0n) is 11.7. The molecule has 0 heterocycles. The second kappa shape index (κ2) is 6.46. The number of esters is 1.